The Balaban J connectivity index is 0.000000845. The molecule has 1 fully saturated rings. The molecule has 8 heteroatoms. The zero-order chi connectivity index (χ0) is 8.55. The molecule has 0 amide bonds. The molecule has 0 atom stereocenters. The number of nitrogens with one attached hydrogen (secondary N) is 1. The lowest BCUT2D eigenvalue weighted by Gasteiger charge is -2.02. The molecule has 80 valence electrons. The van der Waals surface area contributed by atoms with Crippen LogP contribution in [0.5, 0.6) is 0 Å². The minimum atomic E-state index is 0. The minimum absolute atomic E-state index is 0. The van der Waals surface area contributed by atoms with Crippen LogP contribution in [-0.4, -0.2) is 21.0 Å². The average molecular weight is 239 g/mol. The number of nitrogen functional groups attached to an aromatic ring is 2. The van der Waals surface area contributed by atoms with Crippen LogP contribution in [-0.2, 0) is 0 Å². The number of nitrogens with zero attached hydrogens (tertiary/aromatic N) is 3. The molecule has 1 saturated carbocycles. The van der Waals surface area contributed by atoms with E-state index >= 15 is 0 Å². The van der Waals surface area contributed by atoms with Gasteiger partial charge in [0.1, 0.15) is 0 Å². The third-order valence-corrected chi connectivity index (χ3v) is 1.58. The molecule has 2 rings (SSSR count). The van der Waals surface area contributed by atoms with Gasteiger partial charge in [-0.05, 0) is 12.8 Å². The Morgan fingerprint density at radius 2 is 1.50 bits per heavy atom. The fourth-order valence-electron chi connectivity index (χ4n) is 0.884. The topological polar surface area (TPSA) is 103 Å². The van der Waals surface area contributed by atoms with Crippen molar-refractivity contribution in [3.05, 3.63) is 0 Å². The van der Waals surface area contributed by atoms with Crippen molar-refractivity contribution in [1.29, 1.82) is 0 Å². The zero-order valence-electron chi connectivity index (χ0n) is 7.30. The standard InChI is InChI=1S/C6H10N6.2ClH/c7-4-10-5(8)12-6(11-4)9-3-1-2-3;;/h3H,1-2H2,(H5,7,8,9,10,11,12);2*1H. The summed E-state index contributed by atoms with van der Waals surface area (Å²) in [6, 6.07) is 0.492. The first-order valence-electron chi connectivity index (χ1n) is 3.77. The Bertz CT molecular complexity index is 282. The average Bonchev–Trinajstić information content (AvgIpc) is 2.68. The third-order valence-electron chi connectivity index (χ3n) is 1.58. The van der Waals surface area contributed by atoms with Crippen LogP contribution in [0.3, 0.4) is 0 Å². The normalized spacial score (nSPS) is 13.7. The predicted molar refractivity (Wildman–Crippen MR) is 59.8 cm³/mol. The number of anilines is 3. The number of hydrogen-bond donors (Lipinski definition) is 3. The molecule has 1 aromatic heterocycles. The Hall–Kier alpha value is -1.01. The van der Waals surface area contributed by atoms with Gasteiger partial charge >= 0.3 is 0 Å². The molecule has 0 aromatic carbocycles. The second-order valence-electron chi connectivity index (χ2n) is 2.79. The van der Waals surface area contributed by atoms with Crippen LogP contribution in [0.4, 0.5) is 17.8 Å². The molecule has 0 spiro atoms. The molecule has 1 aromatic rings. The highest BCUT2D eigenvalue weighted by atomic mass is 35.5. The maximum Gasteiger partial charge on any atom is 0.229 e. The molecule has 0 radical (unpaired) electrons. The molecular weight excluding hydrogens is 227 g/mol. The summed E-state index contributed by atoms with van der Waals surface area (Å²) in [5.74, 6) is 0.791. The molecule has 1 heterocycles. The number of rotatable bonds is 2. The molecule has 6 nitrogen and oxygen atoms in total. The Morgan fingerprint density at radius 1 is 1.00 bits per heavy atom. The van der Waals surface area contributed by atoms with Crippen LogP contribution in [0.2, 0.25) is 0 Å². The largest absolute Gasteiger partial charge is 0.368 e. The summed E-state index contributed by atoms with van der Waals surface area (Å²) in [5.41, 5.74) is 10.7. The van der Waals surface area contributed by atoms with Gasteiger partial charge in [0.05, 0.1) is 0 Å². The van der Waals surface area contributed by atoms with E-state index in [1.54, 1.807) is 0 Å². The van der Waals surface area contributed by atoms with Gasteiger partial charge in [-0.15, -0.1) is 24.8 Å². The van der Waals surface area contributed by atoms with Gasteiger partial charge in [-0.2, -0.15) is 15.0 Å². The molecule has 0 saturated heterocycles. The van der Waals surface area contributed by atoms with Gasteiger partial charge in [-0.3, -0.25) is 0 Å². The summed E-state index contributed by atoms with van der Waals surface area (Å²) >= 11 is 0. The van der Waals surface area contributed by atoms with Crippen LogP contribution in [0, 0.1) is 0 Å². The van der Waals surface area contributed by atoms with Crippen LogP contribution in [0.1, 0.15) is 12.8 Å². The highest BCUT2D eigenvalue weighted by Crippen LogP contribution is 2.22. The first-order chi connectivity index (χ1) is 5.74. The molecule has 1 aliphatic carbocycles. The number of nitrogens with two attached hydrogens (primary N) is 2. The van der Waals surface area contributed by atoms with Crippen LogP contribution in [0.15, 0.2) is 0 Å². The molecule has 0 bridgehead atoms. The Kier molecular flexibility index (Phi) is 4.65. The van der Waals surface area contributed by atoms with Crippen molar-refractivity contribution in [1.82, 2.24) is 15.0 Å². The zero-order valence-corrected chi connectivity index (χ0v) is 8.94. The van der Waals surface area contributed by atoms with Crippen molar-refractivity contribution in [3.8, 4) is 0 Å². The van der Waals surface area contributed by atoms with Gasteiger partial charge in [0.15, 0.2) is 0 Å². The summed E-state index contributed by atoms with van der Waals surface area (Å²) in [4.78, 5) is 11.4. The van der Waals surface area contributed by atoms with Crippen LogP contribution in [0.25, 0.3) is 0 Å². The molecule has 5 N–H and O–H groups in total. The Labute approximate surface area is 93.7 Å². The monoisotopic (exact) mass is 238 g/mol. The van der Waals surface area contributed by atoms with E-state index in [9.17, 15) is 0 Å². The first-order valence-corrected chi connectivity index (χ1v) is 3.77. The number of hydrogen-bond acceptors (Lipinski definition) is 6. The van der Waals surface area contributed by atoms with Gasteiger partial charge in [0, 0.05) is 6.04 Å². The SMILES string of the molecule is Cl.Cl.Nc1nc(N)nc(NC2CC2)n1. The van der Waals surface area contributed by atoms with E-state index < -0.39 is 0 Å². The van der Waals surface area contributed by atoms with Crippen molar-refractivity contribution < 1.29 is 0 Å². The fraction of sp³-hybridized carbons (Fsp3) is 0.500. The van der Waals surface area contributed by atoms with Crippen molar-refractivity contribution in [3.63, 3.8) is 0 Å². The van der Waals surface area contributed by atoms with Crippen LogP contribution >= 0.6 is 24.8 Å². The van der Waals surface area contributed by atoms with E-state index in [1.807, 2.05) is 0 Å². The van der Waals surface area contributed by atoms with Gasteiger partial charge in [0.25, 0.3) is 0 Å². The molecule has 0 unspecified atom stereocenters. The van der Waals surface area contributed by atoms with Crippen molar-refractivity contribution in [2.45, 2.75) is 18.9 Å². The van der Waals surface area contributed by atoms with E-state index in [2.05, 4.69) is 20.3 Å². The Morgan fingerprint density at radius 3 is 1.93 bits per heavy atom. The fourth-order valence-corrected chi connectivity index (χ4v) is 0.884. The van der Waals surface area contributed by atoms with E-state index in [1.165, 1.54) is 0 Å². The highest BCUT2D eigenvalue weighted by Gasteiger charge is 2.22. The van der Waals surface area contributed by atoms with E-state index in [4.69, 9.17) is 11.5 Å². The van der Waals surface area contributed by atoms with Gasteiger partial charge in [0.2, 0.25) is 17.8 Å². The second kappa shape index (κ2) is 5.02. The molecule has 14 heavy (non-hydrogen) atoms. The van der Waals surface area contributed by atoms with Crippen molar-refractivity contribution in [2.24, 2.45) is 0 Å². The van der Waals surface area contributed by atoms with E-state index in [0.29, 0.717) is 12.0 Å². The van der Waals surface area contributed by atoms with Crippen molar-refractivity contribution >= 4 is 42.7 Å². The third kappa shape index (κ3) is 3.39. The quantitative estimate of drug-likeness (QED) is 0.692. The van der Waals surface area contributed by atoms with Gasteiger partial charge in [-0.1, -0.05) is 0 Å². The maximum atomic E-state index is 5.37. The van der Waals surface area contributed by atoms with Crippen LogP contribution < -0.4 is 16.8 Å². The summed E-state index contributed by atoms with van der Waals surface area (Å²) in [5, 5.41) is 3.08. The maximum absolute atomic E-state index is 5.37. The highest BCUT2D eigenvalue weighted by molar-refractivity contribution is 5.85. The summed E-state index contributed by atoms with van der Waals surface area (Å²) in [7, 11) is 0. The van der Waals surface area contributed by atoms with Crippen molar-refractivity contribution in [2.75, 3.05) is 16.8 Å². The summed E-state index contributed by atoms with van der Waals surface area (Å²) in [6.45, 7) is 0. The first kappa shape index (κ1) is 13.0. The molecule has 0 aliphatic heterocycles. The smallest absolute Gasteiger partial charge is 0.229 e. The number of aromatic nitrogens is 3. The lowest BCUT2D eigenvalue weighted by atomic mass is 10.7. The lowest BCUT2D eigenvalue weighted by molar-refractivity contribution is 1.02. The summed E-state index contributed by atoms with van der Waals surface area (Å²) in [6.07, 6.45) is 2.32. The number of halogens is 2. The van der Waals surface area contributed by atoms with Gasteiger partial charge in [-0.25, -0.2) is 0 Å². The van der Waals surface area contributed by atoms with E-state index in [-0.39, 0.29) is 36.7 Å². The van der Waals surface area contributed by atoms with E-state index in [0.717, 1.165) is 12.8 Å². The lowest BCUT2D eigenvalue weighted by Crippen LogP contribution is -2.10. The summed E-state index contributed by atoms with van der Waals surface area (Å²) < 4.78 is 0. The molecule has 1 aliphatic rings. The predicted octanol–water partition coefficient (Wildman–Crippen LogP) is 0.454. The minimum Gasteiger partial charge on any atom is -0.368 e. The second-order valence-corrected chi connectivity index (χ2v) is 2.79. The van der Waals surface area contributed by atoms with Gasteiger partial charge < -0.3 is 16.8 Å². The molecular formula is C6H12Cl2N6.